The van der Waals surface area contributed by atoms with Crippen LogP contribution in [0.25, 0.3) is 54.6 Å². The average molecular weight is 292 g/mol. The van der Waals surface area contributed by atoms with Crippen LogP contribution in [0, 0.1) is 0 Å². The van der Waals surface area contributed by atoms with E-state index in [1.165, 1.54) is 43.8 Å². The molecule has 0 aromatic heterocycles. The van der Waals surface area contributed by atoms with Gasteiger partial charge in [-0.1, -0.05) is 48.5 Å². The molecule has 1 heteroatoms. The van der Waals surface area contributed by atoms with E-state index in [4.69, 9.17) is 0 Å². The summed E-state index contributed by atoms with van der Waals surface area (Å²) in [5.74, 6) is 0.328. The number of phenols is 1. The largest absolute Gasteiger partial charge is 0.508 e. The number of hydrogen-bond acceptors (Lipinski definition) is 1. The van der Waals surface area contributed by atoms with E-state index in [0.717, 1.165) is 10.8 Å². The van der Waals surface area contributed by atoms with Crippen molar-refractivity contribution in [2.45, 2.75) is 0 Å². The second kappa shape index (κ2) is 3.64. The maximum atomic E-state index is 10.1. The Labute approximate surface area is 132 Å². The molecule has 0 bridgehead atoms. The number of fused-ring (bicyclic) bond motifs is 3. The summed E-state index contributed by atoms with van der Waals surface area (Å²) < 4.78 is 0. The lowest BCUT2D eigenvalue weighted by Crippen LogP contribution is -1.85. The molecule has 0 spiro atoms. The molecular weight excluding hydrogens is 280 g/mol. The minimum Gasteiger partial charge on any atom is -0.508 e. The molecule has 0 heterocycles. The Hall–Kier alpha value is -3.06. The molecule has 0 radical (unpaired) electrons. The fourth-order valence-electron chi connectivity index (χ4n) is 4.31. The first-order chi connectivity index (χ1) is 11.3. The van der Waals surface area contributed by atoms with Crippen molar-refractivity contribution in [3.8, 4) is 28.0 Å². The van der Waals surface area contributed by atoms with Gasteiger partial charge in [0.1, 0.15) is 5.75 Å². The number of hydrogen-bond donors (Lipinski definition) is 1. The lowest BCUT2D eigenvalue weighted by atomic mass is 9.90. The summed E-state index contributed by atoms with van der Waals surface area (Å²) in [4.78, 5) is 0. The third kappa shape index (κ3) is 1.25. The van der Waals surface area contributed by atoms with Gasteiger partial charge in [0.15, 0.2) is 0 Å². The minimum atomic E-state index is 0.328. The Balaban J connectivity index is 2.01. The van der Waals surface area contributed by atoms with Crippen molar-refractivity contribution in [2.24, 2.45) is 0 Å². The van der Waals surface area contributed by atoms with E-state index in [1.807, 2.05) is 12.1 Å². The molecule has 0 saturated heterocycles. The van der Waals surface area contributed by atoms with E-state index in [1.54, 1.807) is 0 Å². The van der Waals surface area contributed by atoms with Crippen LogP contribution >= 0.6 is 0 Å². The van der Waals surface area contributed by atoms with Crippen LogP contribution in [-0.4, -0.2) is 5.11 Å². The third-order valence-corrected chi connectivity index (χ3v) is 5.19. The number of aromatic hydroxyl groups is 1. The summed E-state index contributed by atoms with van der Waals surface area (Å²) in [6, 6.07) is 23.3. The molecule has 0 saturated carbocycles. The molecule has 6 rings (SSSR count). The molecule has 0 atom stereocenters. The van der Waals surface area contributed by atoms with Gasteiger partial charge in [0.05, 0.1) is 0 Å². The molecule has 0 amide bonds. The van der Waals surface area contributed by atoms with Crippen LogP contribution in [0.4, 0.5) is 0 Å². The van der Waals surface area contributed by atoms with Crippen molar-refractivity contribution in [1.82, 2.24) is 0 Å². The molecule has 1 aliphatic rings. The highest BCUT2D eigenvalue weighted by Crippen LogP contribution is 2.51. The summed E-state index contributed by atoms with van der Waals surface area (Å²) in [6.07, 6.45) is 0. The Kier molecular flexibility index (Phi) is 1.82. The first-order valence-electron chi connectivity index (χ1n) is 7.85. The van der Waals surface area contributed by atoms with Gasteiger partial charge in [0, 0.05) is 0 Å². The van der Waals surface area contributed by atoms with Gasteiger partial charge >= 0.3 is 0 Å². The molecule has 1 aliphatic carbocycles. The summed E-state index contributed by atoms with van der Waals surface area (Å²) in [6.45, 7) is 0. The van der Waals surface area contributed by atoms with E-state index < -0.39 is 0 Å². The minimum absolute atomic E-state index is 0.328. The molecule has 1 nitrogen and oxygen atoms in total. The fraction of sp³-hybridized carbons (Fsp3) is 0. The maximum absolute atomic E-state index is 10.1. The Morgan fingerprint density at radius 1 is 0.478 bits per heavy atom. The highest BCUT2D eigenvalue weighted by atomic mass is 16.3. The zero-order chi connectivity index (χ0) is 15.1. The van der Waals surface area contributed by atoms with Gasteiger partial charge in [0.2, 0.25) is 0 Å². The van der Waals surface area contributed by atoms with Crippen LogP contribution in [0.2, 0.25) is 0 Å². The van der Waals surface area contributed by atoms with Crippen molar-refractivity contribution in [1.29, 1.82) is 0 Å². The molecular formula is C22H12O. The summed E-state index contributed by atoms with van der Waals surface area (Å²) >= 11 is 0. The van der Waals surface area contributed by atoms with Crippen LogP contribution in [0.5, 0.6) is 5.75 Å². The smallest absolute Gasteiger partial charge is 0.116 e. The Morgan fingerprint density at radius 3 is 2.04 bits per heavy atom. The summed E-state index contributed by atoms with van der Waals surface area (Å²) in [5.41, 5.74) is 5.21. The van der Waals surface area contributed by atoms with E-state index >= 15 is 0 Å². The SMILES string of the molecule is Oc1cc2ccc3ccc4c5c(cc(c1)c2c35)-c1ccccc1-4. The highest BCUT2D eigenvalue weighted by Gasteiger charge is 2.24. The molecule has 0 unspecified atom stereocenters. The second-order valence-electron chi connectivity index (χ2n) is 6.39. The molecule has 106 valence electrons. The standard InChI is InChI=1S/C22H12O/c23-15-9-13-6-5-12-7-8-18-16-3-1-2-4-17(16)19-11-14(10-15)20(13)21(12)22(18)19/h1-11,23H. The van der Waals surface area contributed by atoms with E-state index in [-0.39, 0.29) is 0 Å². The Bertz CT molecular complexity index is 1260. The van der Waals surface area contributed by atoms with E-state index in [0.29, 0.717) is 5.75 Å². The maximum Gasteiger partial charge on any atom is 0.116 e. The first kappa shape index (κ1) is 11.5. The zero-order valence-electron chi connectivity index (χ0n) is 12.3. The van der Waals surface area contributed by atoms with E-state index in [2.05, 4.69) is 54.6 Å². The van der Waals surface area contributed by atoms with Crippen LogP contribution in [0.15, 0.2) is 66.7 Å². The summed E-state index contributed by atoms with van der Waals surface area (Å²) in [7, 11) is 0. The van der Waals surface area contributed by atoms with Crippen LogP contribution in [0.3, 0.4) is 0 Å². The van der Waals surface area contributed by atoms with Gasteiger partial charge < -0.3 is 5.11 Å². The third-order valence-electron chi connectivity index (χ3n) is 5.19. The zero-order valence-corrected chi connectivity index (χ0v) is 12.3. The van der Waals surface area contributed by atoms with Crippen molar-refractivity contribution in [3.05, 3.63) is 66.7 Å². The summed E-state index contributed by atoms with van der Waals surface area (Å²) in [5, 5.41) is 17.5. The lowest BCUT2D eigenvalue weighted by molar-refractivity contribution is 0.477. The van der Waals surface area contributed by atoms with Crippen molar-refractivity contribution in [2.75, 3.05) is 0 Å². The van der Waals surface area contributed by atoms with Crippen molar-refractivity contribution in [3.63, 3.8) is 0 Å². The van der Waals surface area contributed by atoms with Crippen LogP contribution in [0.1, 0.15) is 0 Å². The molecule has 1 N–H and O–H groups in total. The number of phenolic OH excluding ortho intramolecular Hbond substituents is 1. The molecule has 0 fully saturated rings. The van der Waals surface area contributed by atoms with Gasteiger partial charge in [-0.2, -0.15) is 0 Å². The van der Waals surface area contributed by atoms with Crippen molar-refractivity contribution < 1.29 is 5.11 Å². The van der Waals surface area contributed by atoms with Gasteiger partial charge in [-0.3, -0.25) is 0 Å². The predicted molar refractivity (Wildman–Crippen MR) is 96.2 cm³/mol. The lowest BCUT2D eigenvalue weighted by Gasteiger charge is -2.13. The number of rotatable bonds is 0. The molecule has 5 aromatic carbocycles. The molecule has 23 heavy (non-hydrogen) atoms. The normalized spacial score (nSPS) is 12.5. The van der Waals surface area contributed by atoms with Crippen LogP contribution in [-0.2, 0) is 0 Å². The molecule has 0 aliphatic heterocycles. The number of benzene rings is 5. The monoisotopic (exact) mass is 292 g/mol. The van der Waals surface area contributed by atoms with Gasteiger partial charge in [0.25, 0.3) is 0 Å². The van der Waals surface area contributed by atoms with Gasteiger partial charge in [-0.05, 0) is 72.8 Å². The average Bonchev–Trinajstić information content (AvgIpc) is 2.89. The topological polar surface area (TPSA) is 20.2 Å². The fourth-order valence-corrected chi connectivity index (χ4v) is 4.31. The highest BCUT2D eigenvalue weighted by molar-refractivity contribution is 6.32. The van der Waals surface area contributed by atoms with E-state index in [9.17, 15) is 5.11 Å². The van der Waals surface area contributed by atoms with Gasteiger partial charge in [-0.25, -0.2) is 0 Å². The molecule has 5 aromatic rings. The second-order valence-corrected chi connectivity index (χ2v) is 6.39. The van der Waals surface area contributed by atoms with Crippen LogP contribution < -0.4 is 0 Å². The predicted octanol–water partition coefficient (Wildman–Crippen LogP) is 5.94. The van der Waals surface area contributed by atoms with Gasteiger partial charge in [-0.15, -0.1) is 0 Å². The Morgan fingerprint density at radius 2 is 1.17 bits per heavy atom. The quantitative estimate of drug-likeness (QED) is 0.344. The van der Waals surface area contributed by atoms with Crippen molar-refractivity contribution >= 4 is 32.3 Å². The first-order valence-corrected chi connectivity index (χ1v) is 7.85.